The van der Waals surface area contributed by atoms with E-state index in [4.69, 9.17) is 10.2 Å². The molecule has 0 bridgehead atoms. The number of rotatable bonds is 0. The summed E-state index contributed by atoms with van der Waals surface area (Å²) in [5.41, 5.74) is 0. The van der Waals surface area contributed by atoms with Crippen LogP contribution in [0.2, 0.25) is 0 Å². The monoisotopic (exact) mass is 114 g/mol. The zero-order chi connectivity index (χ0) is 6.57. The first kappa shape index (κ1) is 6.99. The van der Waals surface area contributed by atoms with E-state index in [-0.39, 0.29) is 0 Å². The van der Waals surface area contributed by atoms with Crippen molar-refractivity contribution in [3.8, 4) is 11.8 Å². The van der Waals surface area contributed by atoms with E-state index in [0.717, 1.165) is 0 Å². The van der Waals surface area contributed by atoms with Gasteiger partial charge >= 0.3 is 5.97 Å². The number of aliphatic hydroxyl groups excluding tert-OH is 1. The third-order valence-electron chi connectivity index (χ3n) is 0.388. The minimum atomic E-state index is -1.22. The van der Waals surface area contributed by atoms with Crippen LogP contribution >= 0.6 is 0 Å². The summed E-state index contributed by atoms with van der Waals surface area (Å²) in [6.45, 7) is 1.40. The van der Waals surface area contributed by atoms with Crippen molar-refractivity contribution in [3.63, 3.8) is 0 Å². The van der Waals surface area contributed by atoms with Crippen LogP contribution in [-0.2, 0) is 4.79 Å². The highest BCUT2D eigenvalue weighted by molar-refractivity contribution is 5.86. The lowest BCUT2D eigenvalue weighted by atomic mass is 10.4. The minimum Gasteiger partial charge on any atom is -0.472 e. The average Bonchev–Trinajstić information content (AvgIpc) is 1.61. The van der Waals surface area contributed by atoms with E-state index in [9.17, 15) is 4.79 Å². The van der Waals surface area contributed by atoms with Crippen LogP contribution in [0.25, 0.3) is 0 Å². The van der Waals surface area contributed by atoms with Crippen LogP contribution in [0.15, 0.2) is 0 Å². The maximum absolute atomic E-state index is 9.62. The quantitative estimate of drug-likeness (QED) is 0.415. The molecule has 0 unspecified atom stereocenters. The standard InChI is InChI=1S/C5H6O3/c1-4(6)2-3-5(7)8/h4,6H,1H3,(H,7,8)/t4-/m1/s1. The second-order valence-electron chi connectivity index (χ2n) is 1.25. The highest BCUT2D eigenvalue weighted by Gasteiger charge is 1.85. The Balaban J connectivity index is 3.68. The topological polar surface area (TPSA) is 57.5 Å². The lowest BCUT2D eigenvalue weighted by Gasteiger charge is -1.83. The first-order chi connectivity index (χ1) is 3.63. The Morgan fingerprint density at radius 3 is 2.38 bits per heavy atom. The summed E-state index contributed by atoms with van der Waals surface area (Å²) in [7, 11) is 0. The van der Waals surface area contributed by atoms with Crippen LogP contribution in [0.1, 0.15) is 6.92 Å². The fraction of sp³-hybridized carbons (Fsp3) is 0.400. The molecule has 0 aliphatic heterocycles. The highest BCUT2D eigenvalue weighted by atomic mass is 16.4. The fourth-order valence-corrected chi connectivity index (χ4v) is 0.166. The lowest BCUT2D eigenvalue weighted by Crippen LogP contribution is -1.95. The SMILES string of the molecule is C[C@@H](O)C#CC(=O)O. The van der Waals surface area contributed by atoms with E-state index in [1.807, 2.05) is 0 Å². The summed E-state index contributed by atoms with van der Waals surface area (Å²) in [6.07, 6.45) is -0.855. The minimum absolute atomic E-state index is 0.855. The number of carboxylic acid groups (broad SMARTS) is 1. The summed E-state index contributed by atoms with van der Waals surface area (Å²) in [5, 5.41) is 16.2. The molecular weight excluding hydrogens is 108 g/mol. The van der Waals surface area contributed by atoms with Gasteiger partial charge in [-0.05, 0) is 6.92 Å². The maximum atomic E-state index is 9.62. The van der Waals surface area contributed by atoms with Gasteiger partial charge < -0.3 is 10.2 Å². The van der Waals surface area contributed by atoms with Crippen molar-refractivity contribution < 1.29 is 15.0 Å². The second-order valence-corrected chi connectivity index (χ2v) is 1.25. The third-order valence-corrected chi connectivity index (χ3v) is 0.388. The van der Waals surface area contributed by atoms with Gasteiger partial charge in [0.2, 0.25) is 0 Å². The number of hydrogen-bond donors (Lipinski definition) is 2. The van der Waals surface area contributed by atoms with Gasteiger partial charge in [-0.2, -0.15) is 0 Å². The molecule has 0 aliphatic carbocycles. The van der Waals surface area contributed by atoms with Crippen LogP contribution in [0.4, 0.5) is 0 Å². The van der Waals surface area contributed by atoms with Crippen LogP contribution in [-0.4, -0.2) is 22.3 Å². The molecular formula is C5H6O3. The predicted molar refractivity (Wildman–Crippen MR) is 27.1 cm³/mol. The Morgan fingerprint density at radius 2 is 2.25 bits per heavy atom. The zero-order valence-corrected chi connectivity index (χ0v) is 4.38. The van der Waals surface area contributed by atoms with E-state index < -0.39 is 12.1 Å². The molecule has 0 rings (SSSR count). The number of hydrogen-bond acceptors (Lipinski definition) is 2. The Labute approximate surface area is 46.9 Å². The normalized spacial score (nSPS) is 11.2. The van der Waals surface area contributed by atoms with Crippen molar-refractivity contribution in [2.24, 2.45) is 0 Å². The van der Waals surface area contributed by atoms with Crippen molar-refractivity contribution in [1.82, 2.24) is 0 Å². The number of aliphatic carboxylic acids is 1. The van der Waals surface area contributed by atoms with Gasteiger partial charge in [0, 0.05) is 5.92 Å². The van der Waals surface area contributed by atoms with Gasteiger partial charge in [0.25, 0.3) is 0 Å². The van der Waals surface area contributed by atoms with Crippen molar-refractivity contribution >= 4 is 5.97 Å². The molecule has 0 aromatic heterocycles. The molecule has 0 radical (unpaired) electrons. The second kappa shape index (κ2) is 3.05. The number of carbonyl (C=O) groups is 1. The zero-order valence-electron chi connectivity index (χ0n) is 4.38. The molecule has 0 heterocycles. The largest absolute Gasteiger partial charge is 0.472 e. The Morgan fingerprint density at radius 1 is 1.75 bits per heavy atom. The molecule has 1 atom stereocenters. The molecule has 2 N–H and O–H groups in total. The van der Waals surface area contributed by atoms with Crippen molar-refractivity contribution in [2.45, 2.75) is 13.0 Å². The molecule has 0 saturated carbocycles. The van der Waals surface area contributed by atoms with E-state index in [1.54, 1.807) is 5.92 Å². The number of aliphatic hydroxyl groups is 1. The van der Waals surface area contributed by atoms with Crippen LogP contribution in [0.3, 0.4) is 0 Å². The molecule has 0 amide bonds. The van der Waals surface area contributed by atoms with Crippen LogP contribution in [0, 0.1) is 11.8 Å². The molecule has 3 heteroatoms. The average molecular weight is 114 g/mol. The summed E-state index contributed by atoms with van der Waals surface area (Å²) >= 11 is 0. The van der Waals surface area contributed by atoms with Crippen molar-refractivity contribution in [1.29, 1.82) is 0 Å². The summed E-state index contributed by atoms with van der Waals surface area (Å²) in [5.74, 6) is 2.60. The Kier molecular flexibility index (Phi) is 2.67. The fourth-order valence-electron chi connectivity index (χ4n) is 0.166. The maximum Gasteiger partial charge on any atom is 0.381 e. The van der Waals surface area contributed by atoms with Crippen molar-refractivity contribution in [2.75, 3.05) is 0 Å². The van der Waals surface area contributed by atoms with Gasteiger partial charge in [-0.1, -0.05) is 5.92 Å². The van der Waals surface area contributed by atoms with Crippen LogP contribution < -0.4 is 0 Å². The molecule has 0 aliphatic rings. The summed E-state index contributed by atoms with van der Waals surface area (Å²) in [4.78, 5) is 9.62. The Bertz CT molecular complexity index is 137. The van der Waals surface area contributed by atoms with Crippen LogP contribution in [0.5, 0.6) is 0 Å². The molecule has 0 spiro atoms. The number of carboxylic acids is 1. The van der Waals surface area contributed by atoms with Crippen molar-refractivity contribution in [3.05, 3.63) is 0 Å². The Hall–Kier alpha value is -1.01. The first-order valence-corrected chi connectivity index (χ1v) is 2.05. The van der Waals surface area contributed by atoms with E-state index in [1.165, 1.54) is 6.92 Å². The van der Waals surface area contributed by atoms with Gasteiger partial charge in [-0.25, -0.2) is 4.79 Å². The van der Waals surface area contributed by atoms with Gasteiger partial charge in [0.15, 0.2) is 0 Å². The summed E-state index contributed by atoms with van der Waals surface area (Å²) in [6, 6.07) is 0. The van der Waals surface area contributed by atoms with Gasteiger partial charge in [-0.3, -0.25) is 0 Å². The molecule has 3 nitrogen and oxygen atoms in total. The first-order valence-electron chi connectivity index (χ1n) is 2.05. The molecule has 8 heavy (non-hydrogen) atoms. The van der Waals surface area contributed by atoms with Gasteiger partial charge in [0.05, 0.1) is 0 Å². The molecule has 0 fully saturated rings. The smallest absolute Gasteiger partial charge is 0.381 e. The van der Waals surface area contributed by atoms with Gasteiger partial charge in [-0.15, -0.1) is 0 Å². The predicted octanol–water partition coefficient (Wildman–Crippen LogP) is -0.545. The van der Waals surface area contributed by atoms with E-state index in [2.05, 4.69) is 5.92 Å². The molecule has 0 aromatic rings. The summed E-state index contributed by atoms with van der Waals surface area (Å²) < 4.78 is 0. The van der Waals surface area contributed by atoms with E-state index in [0.29, 0.717) is 0 Å². The molecule has 44 valence electrons. The molecule has 0 saturated heterocycles. The third kappa shape index (κ3) is 4.99. The highest BCUT2D eigenvalue weighted by Crippen LogP contribution is 1.70. The van der Waals surface area contributed by atoms with E-state index >= 15 is 0 Å². The molecule has 0 aromatic carbocycles. The lowest BCUT2D eigenvalue weighted by molar-refractivity contribution is -0.130. The van der Waals surface area contributed by atoms with Gasteiger partial charge in [0.1, 0.15) is 6.10 Å².